The molecule has 111 heavy (non-hydrogen) atoms. The molecule has 4 aliphatic rings. The van der Waals surface area contributed by atoms with Crippen LogP contribution >= 0.6 is 69.9 Å². The van der Waals surface area contributed by atoms with Crippen LogP contribution in [-0.4, -0.2) is 187 Å². The lowest BCUT2D eigenvalue weighted by molar-refractivity contribution is -0.385. The molecule has 0 N–H and O–H groups in total. The van der Waals surface area contributed by atoms with Crippen LogP contribution in [0.25, 0.3) is 0 Å². The number of ether oxygens (including phenoxy) is 5. The van der Waals surface area contributed by atoms with Gasteiger partial charge in [0, 0.05) is 156 Å². The molecule has 0 unspecified atom stereocenters. The first kappa shape index (κ1) is 87.3. The van der Waals surface area contributed by atoms with Crippen molar-refractivity contribution in [1.29, 1.82) is 0 Å². The second-order valence-electron chi connectivity index (χ2n) is 25.2. The van der Waals surface area contributed by atoms with Gasteiger partial charge in [-0.25, -0.2) is 33.7 Å². The first-order valence-corrected chi connectivity index (χ1v) is 42.7. The summed E-state index contributed by atoms with van der Waals surface area (Å²) in [5.74, 6) is 0.651. The van der Waals surface area contributed by atoms with Gasteiger partial charge in [0.05, 0.1) is 69.4 Å². The summed E-state index contributed by atoms with van der Waals surface area (Å²) in [6.07, 6.45) is 0. The fourth-order valence-electron chi connectivity index (χ4n) is 11.2. The summed E-state index contributed by atoms with van der Waals surface area (Å²) in [5, 5.41) is 46.2. The smallest absolute Gasteiger partial charge is 0.271 e. The molecule has 0 radical (unpaired) electrons. The Labute approximate surface area is 670 Å². The Morgan fingerprint density at radius 2 is 0.712 bits per heavy atom. The molecule has 8 aromatic carbocycles. The van der Waals surface area contributed by atoms with E-state index in [-0.39, 0.29) is 130 Å². The van der Waals surface area contributed by atoms with E-state index in [0.29, 0.717) is 80.9 Å². The van der Waals surface area contributed by atoms with Gasteiger partial charge in [0.15, 0.2) is 0 Å². The van der Waals surface area contributed by atoms with Gasteiger partial charge in [-0.3, -0.25) is 45.4 Å². The molecule has 0 bridgehead atoms. The molecule has 0 atom stereocenters. The molecule has 30 nitrogen and oxygen atoms in total. The van der Waals surface area contributed by atoms with Gasteiger partial charge < -0.3 is 23.7 Å². The highest BCUT2D eigenvalue weighted by molar-refractivity contribution is 8.00. The molecule has 4 heterocycles. The molecule has 594 valence electrons. The second kappa shape index (κ2) is 38.4. The van der Waals surface area contributed by atoms with Crippen LogP contribution in [0.4, 0.5) is 22.7 Å². The van der Waals surface area contributed by atoms with Crippen LogP contribution in [0.3, 0.4) is 0 Å². The van der Waals surface area contributed by atoms with Gasteiger partial charge >= 0.3 is 0 Å². The number of nitrogens with zero attached hydrogens (tertiary/aromatic N) is 9. The maximum atomic E-state index is 13.4. The van der Waals surface area contributed by atoms with E-state index in [1.54, 1.807) is 24.3 Å². The largest absolute Gasteiger partial charge is 0.456 e. The van der Waals surface area contributed by atoms with Crippen LogP contribution in [0.15, 0.2) is 185 Å². The molecule has 4 saturated heterocycles. The molecule has 0 saturated carbocycles. The van der Waals surface area contributed by atoms with Gasteiger partial charge in [0.1, 0.15) is 42.6 Å². The number of non-ortho nitro benzene ring substituents is 4. The number of rotatable bonds is 21. The number of benzene rings is 8. The number of aryl methyl sites for hydroxylation is 4. The number of hydrogen-bond acceptors (Lipinski definition) is 24. The average molecular weight is 1720 g/mol. The monoisotopic (exact) mass is 1720 g/mol. The van der Waals surface area contributed by atoms with E-state index in [0.717, 1.165) is 69.2 Å². The van der Waals surface area contributed by atoms with Crippen LogP contribution in [0.5, 0.6) is 23.0 Å². The Balaban J connectivity index is 0.000000170. The summed E-state index contributed by atoms with van der Waals surface area (Å²) in [4.78, 5) is 46.1. The number of nitro benzene ring substituents is 4. The predicted molar refractivity (Wildman–Crippen MR) is 420 cm³/mol. The SMILES string of the molecule is Cc1ccc(C)c(Oc2ccc([N+](=O)[O-])cc2S(=O)(=O)N2CCN(C(C)C)CC2)c1.Cc1ccc(C)c(Sc2ccc([N+](=O)[O-])cc2S(=O)(=O)N2CCOCC2)c1.O=[N+]([O-])c1ccc(Oc2cc(Cl)ccc2Cl)c(S(=O)(=O)N2CCOCC2)c1.O=[N+]([O-])c1ccc(Sc2cc(Cl)ccc2Cl)c(S(=O)(=O)N2CCOCC2)c1. The quantitative estimate of drug-likeness (QED) is 0.0476. The molecule has 40 heteroatoms. The van der Waals surface area contributed by atoms with E-state index in [2.05, 4.69) is 18.7 Å². The zero-order chi connectivity index (χ0) is 80.9. The second-order valence-corrected chi connectivity index (χ2v) is 36.7. The first-order valence-electron chi connectivity index (χ1n) is 33.8. The van der Waals surface area contributed by atoms with Crippen molar-refractivity contribution in [2.45, 2.75) is 86.7 Å². The van der Waals surface area contributed by atoms with Crippen molar-refractivity contribution in [2.24, 2.45) is 0 Å². The summed E-state index contributed by atoms with van der Waals surface area (Å²) in [7, 11) is -15.8. The lowest BCUT2D eigenvalue weighted by Gasteiger charge is -2.36. The Morgan fingerprint density at radius 1 is 0.360 bits per heavy atom. The third kappa shape index (κ3) is 22.4. The van der Waals surface area contributed by atoms with E-state index in [4.69, 9.17) is 70.1 Å². The topological polar surface area (TPSA) is 371 Å². The summed E-state index contributed by atoms with van der Waals surface area (Å²) in [5.41, 5.74) is 2.67. The normalized spacial score (nSPS) is 15.7. The molecule has 0 amide bonds. The first-order chi connectivity index (χ1) is 52.4. The van der Waals surface area contributed by atoms with Crippen molar-refractivity contribution in [3.8, 4) is 23.0 Å². The molecule has 4 aliphatic heterocycles. The number of halogens is 4. The van der Waals surface area contributed by atoms with E-state index in [1.165, 1.54) is 83.6 Å². The Morgan fingerprint density at radius 3 is 1.14 bits per heavy atom. The third-order valence-corrected chi connectivity index (χ3v) is 28.9. The van der Waals surface area contributed by atoms with E-state index in [1.807, 2.05) is 64.1 Å². The highest BCUT2D eigenvalue weighted by Crippen LogP contribution is 2.44. The van der Waals surface area contributed by atoms with Crippen molar-refractivity contribution in [1.82, 2.24) is 22.1 Å². The number of morpholine rings is 3. The molecule has 4 fully saturated rings. The fraction of sp³-hybridized carbons (Fsp3) is 0.324. The van der Waals surface area contributed by atoms with Crippen molar-refractivity contribution < 1.29 is 77.0 Å². The van der Waals surface area contributed by atoms with Crippen LogP contribution in [-0.2, 0) is 54.3 Å². The zero-order valence-corrected chi connectivity index (χ0v) is 68.2. The standard InChI is InChI=1S/C21H27N3O5S.C18H20N2O5S2.C16H14Cl2N2O6S.C16H14Cl2N2O5S2/c1-15(2)22-9-11-23(12-10-22)30(27,28)21-14-18(24(25)26)7-8-19(21)29-20-13-16(3)5-6-17(20)4;1-13-3-4-14(2)17(11-13)26-16-6-5-15(20(21)22)12-18(16)27(23,24)19-7-9-25-10-8-19;2*17-11-1-3-13(18)15(9-11)26-14-4-2-12(20(21)22)10-16(14)27(23,24)19-5-7-25-8-6-19/h5-8,13-15H,9-12H2,1-4H3;3-6,11-12H,7-10H2,1-2H3;2*1-4,9-10H,5-8H2. The van der Waals surface area contributed by atoms with Gasteiger partial charge in [-0.05, 0) is 131 Å². The van der Waals surface area contributed by atoms with Gasteiger partial charge in [-0.1, -0.05) is 94.2 Å². The van der Waals surface area contributed by atoms with Crippen molar-refractivity contribution in [2.75, 3.05) is 105 Å². The Bertz CT molecular complexity index is 4890. The van der Waals surface area contributed by atoms with E-state index < -0.39 is 59.8 Å². The Hall–Kier alpha value is -7.70. The number of nitro groups is 4. The van der Waals surface area contributed by atoms with Crippen molar-refractivity contribution >= 4 is 133 Å². The number of piperazine rings is 1. The lowest BCUT2D eigenvalue weighted by atomic mass is 10.1. The number of hydrogen-bond donors (Lipinski definition) is 0. The van der Waals surface area contributed by atoms with Crippen LogP contribution in [0.2, 0.25) is 20.1 Å². The lowest BCUT2D eigenvalue weighted by Crippen LogP contribution is -2.50. The van der Waals surface area contributed by atoms with Crippen molar-refractivity contribution in [3.63, 3.8) is 0 Å². The molecule has 0 spiro atoms. The molecule has 12 rings (SSSR count). The maximum absolute atomic E-state index is 13.4. The molecular formula is C71H75Cl4N9O21S6. The predicted octanol–water partition coefficient (Wildman–Crippen LogP) is 14.9. The minimum absolute atomic E-state index is 0.0375. The van der Waals surface area contributed by atoms with Crippen LogP contribution in [0, 0.1) is 68.2 Å². The maximum Gasteiger partial charge on any atom is 0.271 e. The highest BCUT2D eigenvalue weighted by atomic mass is 35.5. The molecule has 8 aromatic rings. The van der Waals surface area contributed by atoms with Gasteiger partial charge in [-0.2, -0.15) is 17.2 Å². The summed E-state index contributed by atoms with van der Waals surface area (Å²) in [6.45, 7) is 16.5. The minimum atomic E-state index is -4.04. The molecular weight excluding hydrogens is 1650 g/mol. The van der Waals surface area contributed by atoms with Crippen LogP contribution < -0.4 is 9.47 Å². The van der Waals surface area contributed by atoms with Gasteiger partial charge in [0.25, 0.3) is 22.7 Å². The van der Waals surface area contributed by atoms with E-state index >= 15 is 0 Å². The Kier molecular flexibility index (Phi) is 30.2. The summed E-state index contributed by atoms with van der Waals surface area (Å²) >= 11 is 26.6. The summed E-state index contributed by atoms with van der Waals surface area (Å²) < 4.78 is 138. The summed E-state index contributed by atoms with van der Waals surface area (Å²) in [6, 6.07) is 36.0. The molecule has 0 aromatic heterocycles. The van der Waals surface area contributed by atoms with Gasteiger partial charge in [-0.15, -0.1) is 0 Å². The van der Waals surface area contributed by atoms with Gasteiger partial charge in [0.2, 0.25) is 40.1 Å². The number of sulfonamides is 4. The van der Waals surface area contributed by atoms with Crippen molar-refractivity contribution in [3.05, 3.63) is 228 Å². The van der Waals surface area contributed by atoms with E-state index in [9.17, 15) is 74.1 Å². The zero-order valence-electron chi connectivity index (χ0n) is 60.3. The fourth-order valence-corrected chi connectivity index (χ4v) is 20.8. The minimum Gasteiger partial charge on any atom is -0.456 e. The average Bonchev–Trinajstić information content (AvgIpc) is 0.794. The highest BCUT2D eigenvalue weighted by Gasteiger charge is 2.37. The molecule has 0 aliphatic carbocycles. The van der Waals surface area contributed by atoms with Crippen LogP contribution in [0.1, 0.15) is 36.1 Å². The third-order valence-electron chi connectivity index (χ3n) is 17.3.